The lowest BCUT2D eigenvalue weighted by Gasteiger charge is -2.41. The van der Waals surface area contributed by atoms with Crippen molar-refractivity contribution < 1.29 is 0 Å². The van der Waals surface area contributed by atoms with Crippen LogP contribution in [0.4, 0.5) is 0 Å². The molecule has 2 atom stereocenters. The molecular weight excluding hydrogens is 198 g/mol. The smallest absolute Gasteiger partial charge is 0.0198 e. The summed E-state index contributed by atoms with van der Waals surface area (Å²) in [5, 5.41) is 3.40. The minimum absolute atomic E-state index is 0.716. The Morgan fingerprint density at radius 3 is 2.75 bits per heavy atom. The third-order valence-corrected chi connectivity index (χ3v) is 3.67. The summed E-state index contributed by atoms with van der Waals surface area (Å²) >= 11 is 0. The van der Waals surface area contributed by atoms with Crippen molar-refractivity contribution >= 4 is 0 Å². The van der Waals surface area contributed by atoms with Gasteiger partial charge >= 0.3 is 0 Å². The Morgan fingerprint density at radius 2 is 2.12 bits per heavy atom. The maximum Gasteiger partial charge on any atom is 0.0198 e. The Bertz CT molecular complexity index is 184. The average molecular weight is 227 g/mol. The Balaban J connectivity index is 2.22. The van der Waals surface area contributed by atoms with Gasteiger partial charge in [0, 0.05) is 31.7 Å². The molecule has 0 spiro atoms. The summed E-state index contributed by atoms with van der Waals surface area (Å²) in [5.41, 5.74) is 0. The zero-order valence-corrected chi connectivity index (χ0v) is 11.5. The van der Waals surface area contributed by atoms with Gasteiger partial charge in [-0.2, -0.15) is 0 Å². The van der Waals surface area contributed by atoms with E-state index in [1.54, 1.807) is 0 Å². The zero-order chi connectivity index (χ0) is 12.0. The molecule has 1 aliphatic heterocycles. The van der Waals surface area contributed by atoms with Crippen LogP contribution in [0.5, 0.6) is 0 Å². The number of hydrogen-bond donors (Lipinski definition) is 1. The molecule has 3 nitrogen and oxygen atoms in total. The van der Waals surface area contributed by atoms with E-state index in [0.29, 0.717) is 6.04 Å². The van der Waals surface area contributed by atoms with E-state index < -0.39 is 0 Å². The maximum absolute atomic E-state index is 3.40. The number of hydrogen-bond acceptors (Lipinski definition) is 3. The monoisotopic (exact) mass is 227 g/mol. The van der Waals surface area contributed by atoms with Crippen molar-refractivity contribution in [1.29, 1.82) is 0 Å². The van der Waals surface area contributed by atoms with Gasteiger partial charge in [0.05, 0.1) is 0 Å². The van der Waals surface area contributed by atoms with Crippen molar-refractivity contribution in [1.82, 2.24) is 15.1 Å². The van der Waals surface area contributed by atoms with Crippen LogP contribution < -0.4 is 5.32 Å². The molecule has 1 fully saturated rings. The van der Waals surface area contributed by atoms with Crippen LogP contribution in [0.1, 0.15) is 33.6 Å². The molecule has 0 bridgehead atoms. The van der Waals surface area contributed by atoms with Gasteiger partial charge in [-0.15, -0.1) is 0 Å². The van der Waals surface area contributed by atoms with E-state index in [-0.39, 0.29) is 0 Å². The molecule has 0 aromatic carbocycles. The molecule has 0 amide bonds. The van der Waals surface area contributed by atoms with Gasteiger partial charge in [0.15, 0.2) is 0 Å². The molecule has 96 valence electrons. The molecule has 0 radical (unpaired) electrons. The normalized spacial score (nSPS) is 25.9. The third-order valence-electron chi connectivity index (χ3n) is 3.67. The largest absolute Gasteiger partial charge is 0.317 e. The van der Waals surface area contributed by atoms with Crippen molar-refractivity contribution in [3.8, 4) is 0 Å². The molecule has 3 heteroatoms. The van der Waals surface area contributed by atoms with Gasteiger partial charge in [-0.05, 0) is 46.8 Å². The van der Waals surface area contributed by atoms with Crippen LogP contribution in [0.15, 0.2) is 0 Å². The van der Waals surface area contributed by atoms with Crippen molar-refractivity contribution in [3.63, 3.8) is 0 Å². The van der Waals surface area contributed by atoms with Crippen LogP contribution in [0.25, 0.3) is 0 Å². The molecule has 0 aliphatic carbocycles. The number of likely N-dealkylation sites (N-methyl/N-ethyl adjacent to an activating group) is 1. The molecule has 0 aromatic heterocycles. The fourth-order valence-corrected chi connectivity index (χ4v) is 2.67. The lowest BCUT2D eigenvalue weighted by atomic mass is 10.1. The lowest BCUT2D eigenvalue weighted by molar-refractivity contribution is 0.0637. The van der Waals surface area contributed by atoms with Crippen molar-refractivity contribution in [2.75, 3.05) is 39.8 Å². The first kappa shape index (κ1) is 13.9. The van der Waals surface area contributed by atoms with E-state index in [1.165, 1.54) is 39.0 Å². The number of nitrogens with one attached hydrogen (secondary N) is 1. The highest BCUT2D eigenvalue weighted by Crippen LogP contribution is 2.14. The Kier molecular flexibility index (Phi) is 6.32. The Labute approximate surface area is 101 Å². The van der Waals surface area contributed by atoms with E-state index in [0.717, 1.165) is 12.6 Å². The highest BCUT2D eigenvalue weighted by Gasteiger charge is 2.24. The molecule has 16 heavy (non-hydrogen) atoms. The summed E-state index contributed by atoms with van der Waals surface area (Å²) < 4.78 is 0. The van der Waals surface area contributed by atoms with Crippen molar-refractivity contribution in [2.24, 2.45) is 0 Å². The van der Waals surface area contributed by atoms with Gasteiger partial charge in [0.2, 0.25) is 0 Å². The van der Waals surface area contributed by atoms with Crippen LogP contribution in [-0.2, 0) is 0 Å². The van der Waals surface area contributed by atoms with Crippen molar-refractivity contribution in [2.45, 2.75) is 45.7 Å². The van der Waals surface area contributed by atoms with Gasteiger partial charge in [0.25, 0.3) is 0 Å². The highest BCUT2D eigenvalue weighted by atomic mass is 15.3. The molecule has 0 aromatic rings. The fraction of sp³-hybridized carbons (Fsp3) is 1.00. The second-order valence-electron chi connectivity index (χ2n) is 5.19. The molecule has 0 saturated carbocycles. The minimum atomic E-state index is 0.716. The van der Waals surface area contributed by atoms with Crippen molar-refractivity contribution in [3.05, 3.63) is 0 Å². The lowest BCUT2D eigenvalue weighted by Crippen LogP contribution is -2.53. The first-order chi connectivity index (χ1) is 7.65. The van der Waals surface area contributed by atoms with Gasteiger partial charge in [-0.1, -0.05) is 6.92 Å². The number of piperazine rings is 1. The predicted molar refractivity (Wildman–Crippen MR) is 70.9 cm³/mol. The second-order valence-corrected chi connectivity index (χ2v) is 5.19. The van der Waals surface area contributed by atoms with Gasteiger partial charge in [-0.3, -0.25) is 4.90 Å². The van der Waals surface area contributed by atoms with Gasteiger partial charge in [-0.25, -0.2) is 0 Å². The van der Waals surface area contributed by atoms with Crippen LogP contribution >= 0.6 is 0 Å². The van der Waals surface area contributed by atoms with Crippen LogP contribution in [0.3, 0.4) is 0 Å². The topological polar surface area (TPSA) is 18.5 Å². The SMILES string of the molecule is CCNCCCC(C)N1CCN(C)CC1C. The quantitative estimate of drug-likeness (QED) is 0.692. The first-order valence-corrected chi connectivity index (χ1v) is 6.80. The molecule has 2 unspecified atom stereocenters. The van der Waals surface area contributed by atoms with E-state index in [2.05, 4.69) is 42.9 Å². The summed E-state index contributed by atoms with van der Waals surface area (Å²) in [5.74, 6) is 0. The molecular formula is C13H29N3. The van der Waals surface area contributed by atoms with E-state index in [9.17, 15) is 0 Å². The summed E-state index contributed by atoms with van der Waals surface area (Å²) in [4.78, 5) is 5.11. The summed E-state index contributed by atoms with van der Waals surface area (Å²) in [6.45, 7) is 12.9. The van der Waals surface area contributed by atoms with Gasteiger partial charge in [0.1, 0.15) is 0 Å². The summed E-state index contributed by atoms with van der Waals surface area (Å²) in [6.07, 6.45) is 2.62. The summed E-state index contributed by atoms with van der Waals surface area (Å²) in [7, 11) is 2.23. The zero-order valence-electron chi connectivity index (χ0n) is 11.5. The van der Waals surface area contributed by atoms with E-state index in [4.69, 9.17) is 0 Å². The molecule has 1 rings (SSSR count). The first-order valence-electron chi connectivity index (χ1n) is 6.80. The Morgan fingerprint density at radius 1 is 1.38 bits per heavy atom. The molecule has 1 saturated heterocycles. The third kappa shape index (κ3) is 4.40. The standard InChI is InChI=1S/C13H29N3/c1-5-14-8-6-7-12(2)16-10-9-15(4)11-13(16)3/h12-14H,5-11H2,1-4H3. The molecule has 1 aliphatic rings. The average Bonchev–Trinajstić information content (AvgIpc) is 2.24. The second kappa shape index (κ2) is 7.25. The van der Waals surface area contributed by atoms with Crippen LogP contribution in [0, 0.1) is 0 Å². The van der Waals surface area contributed by atoms with E-state index >= 15 is 0 Å². The minimum Gasteiger partial charge on any atom is -0.317 e. The summed E-state index contributed by atoms with van der Waals surface area (Å²) in [6, 6.07) is 1.45. The number of nitrogens with zero attached hydrogens (tertiary/aromatic N) is 2. The Hall–Kier alpha value is -0.120. The van der Waals surface area contributed by atoms with Crippen LogP contribution in [0.2, 0.25) is 0 Å². The van der Waals surface area contributed by atoms with Gasteiger partial charge < -0.3 is 10.2 Å². The molecule has 1 heterocycles. The highest BCUT2D eigenvalue weighted by molar-refractivity contribution is 4.81. The molecule has 1 N–H and O–H groups in total. The number of rotatable bonds is 6. The fourth-order valence-electron chi connectivity index (χ4n) is 2.67. The maximum atomic E-state index is 3.40. The van der Waals surface area contributed by atoms with Crippen LogP contribution in [-0.4, -0.2) is 61.7 Å². The van der Waals surface area contributed by atoms with E-state index in [1.807, 2.05) is 0 Å². The predicted octanol–water partition coefficient (Wildman–Crippen LogP) is 1.40.